The molecule has 0 bridgehead atoms. The number of fused-ring (bicyclic) bond motifs is 1. The molecule has 1 aliphatic rings. The summed E-state index contributed by atoms with van der Waals surface area (Å²) in [5.74, 6) is -0.157. The summed E-state index contributed by atoms with van der Waals surface area (Å²) in [7, 11) is -3.36. The molecule has 152 valence electrons. The zero-order valence-corrected chi connectivity index (χ0v) is 17.0. The first kappa shape index (κ1) is 19.5. The average molecular weight is 413 g/mol. The van der Waals surface area contributed by atoms with Crippen molar-refractivity contribution in [2.45, 2.75) is 37.5 Å². The van der Waals surface area contributed by atoms with Crippen LogP contribution < -0.4 is 10.1 Å². The molecule has 29 heavy (non-hydrogen) atoms. The third-order valence-corrected chi connectivity index (χ3v) is 5.86. The molecule has 1 amide bonds. The van der Waals surface area contributed by atoms with Crippen LogP contribution in [0.2, 0.25) is 0 Å². The minimum Gasteiger partial charge on any atom is -0.488 e. The van der Waals surface area contributed by atoms with Crippen LogP contribution in [0, 0.1) is 0 Å². The van der Waals surface area contributed by atoms with Crippen molar-refractivity contribution in [3.63, 3.8) is 0 Å². The van der Waals surface area contributed by atoms with Crippen LogP contribution in [-0.4, -0.2) is 26.7 Å². The molecule has 1 aliphatic carbocycles. The number of carbonyl (C=O) groups is 1. The number of rotatable bonds is 6. The molecule has 0 aliphatic heterocycles. The lowest BCUT2D eigenvalue weighted by Gasteiger charge is -2.16. The largest absolute Gasteiger partial charge is 0.488 e. The highest BCUT2D eigenvalue weighted by Crippen LogP contribution is 2.32. The summed E-state index contributed by atoms with van der Waals surface area (Å²) >= 11 is 0. The van der Waals surface area contributed by atoms with E-state index in [9.17, 15) is 13.2 Å². The summed E-state index contributed by atoms with van der Waals surface area (Å²) in [5.41, 5.74) is 1.39. The molecule has 1 aromatic heterocycles. The van der Waals surface area contributed by atoms with E-state index in [1.165, 1.54) is 0 Å². The van der Waals surface area contributed by atoms with E-state index in [-0.39, 0.29) is 17.6 Å². The maximum Gasteiger partial charge on any atom is 0.291 e. The smallest absolute Gasteiger partial charge is 0.291 e. The molecular weight excluding hydrogens is 390 g/mol. The summed E-state index contributed by atoms with van der Waals surface area (Å²) < 4.78 is 35.7. The first-order valence-electron chi connectivity index (χ1n) is 9.66. The van der Waals surface area contributed by atoms with Gasteiger partial charge in [0.25, 0.3) is 5.91 Å². The van der Waals surface area contributed by atoms with Crippen LogP contribution in [-0.2, 0) is 15.6 Å². The van der Waals surface area contributed by atoms with Gasteiger partial charge in [-0.1, -0.05) is 30.3 Å². The zero-order valence-electron chi connectivity index (χ0n) is 16.2. The summed E-state index contributed by atoms with van der Waals surface area (Å²) in [4.78, 5) is 13.0. The zero-order chi connectivity index (χ0) is 20.4. The number of para-hydroxylation sites is 3. The van der Waals surface area contributed by atoms with Crippen molar-refractivity contribution in [3.05, 3.63) is 59.9 Å². The van der Waals surface area contributed by atoms with Gasteiger partial charge in [-0.05, 0) is 43.9 Å². The number of sulfone groups is 1. The molecule has 1 N–H and O–H groups in total. The molecule has 0 unspecified atom stereocenters. The van der Waals surface area contributed by atoms with E-state index >= 15 is 0 Å². The number of ether oxygens (including phenoxy) is 1. The first-order valence-corrected chi connectivity index (χ1v) is 11.7. The molecule has 7 heteroatoms. The van der Waals surface area contributed by atoms with Crippen molar-refractivity contribution in [1.29, 1.82) is 0 Å². The summed E-state index contributed by atoms with van der Waals surface area (Å²) in [6, 6.07) is 14.3. The van der Waals surface area contributed by atoms with Crippen LogP contribution in [0.1, 0.15) is 41.8 Å². The number of anilines is 1. The fourth-order valence-corrected chi connectivity index (χ4v) is 4.54. The minimum atomic E-state index is -3.36. The molecule has 3 aromatic rings. The van der Waals surface area contributed by atoms with Crippen LogP contribution >= 0.6 is 0 Å². The van der Waals surface area contributed by atoms with E-state index in [2.05, 4.69) is 5.32 Å². The van der Waals surface area contributed by atoms with Crippen molar-refractivity contribution in [2.24, 2.45) is 0 Å². The fraction of sp³-hybridized carbons (Fsp3) is 0.318. The summed E-state index contributed by atoms with van der Waals surface area (Å²) in [6.45, 7) is 0. The van der Waals surface area contributed by atoms with Gasteiger partial charge in [-0.3, -0.25) is 4.79 Å². The molecule has 0 spiro atoms. The van der Waals surface area contributed by atoms with E-state index in [0.717, 1.165) is 31.9 Å². The Hall–Kier alpha value is -2.80. The van der Waals surface area contributed by atoms with Gasteiger partial charge in [0.1, 0.15) is 11.3 Å². The predicted molar refractivity (Wildman–Crippen MR) is 112 cm³/mol. The van der Waals surface area contributed by atoms with Crippen LogP contribution in [0.25, 0.3) is 11.0 Å². The Morgan fingerprint density at radius 1 is 1.10 bits per heavy atom. The Balaban J connectivity index is 1.66. The van der Waals surface area contributed by atoms with Gasteiger partial charge < -0.3 is 14.5 Å². The molecule has 1 heterocycles. The lowest BCUT2D eigenvalue weighted by atomic mass is 10.1. The molecule has 1 fully saturated rings. The van der Waals surface area contributed by atoms with Gasteiger partial charge in [-0.25, -0.2) is 8.42 Å². The van der Waals surface area contributed by atoms with Crippen molar-refractivity contribution in [1.82, 2.24) is 0 Å². The summed E-state index contributed by atoms with van der Waals surface area (Å²) in [6.07, 6.45) is 5.59. The van der Waals surface area contributed by atoms with Crippen molar-refractivity contribution < 1.29 is 22.4 Å². The standard InChI is InChI=1S/C22H23NO5S/c1-29(25,26)14-17-16-10-4-6-12-19(16)28-21(17)22(24)23-18-11-5-7-13-20(18)27-15-8-2-3-9-15/h4-7,10-13,15H,2-3,8-9,14H2,1H3,(H,23,24). The van der Waals surface area contributed by atoms with Crippen LogP contribution in [0.5, 0.6) is 5.75 Å². The minimum absolute atomic E-state index is 0.00675. The molecule has 0 atom stereocenters. The van der Waals surface area contributed by atoms with Gasteiger partial charge in [-0.15, -0.1) is 0 Å². The third-order valence-electron chi connectivity index (χ3n) is 5.04. The fourth-order valence-electron chi connectivity index (χ4n) is 3.73. The number of hydrogen-bond donors (Lipinski definition) is 1. The maximum absolute atomic E-state index is 13.0. The Labute approximate surface area is 169 Å². The molecule has 6 nitrogen and oxygen atoms in total. The number of carbonyl (C=O) groups excluding carboxylic acids is 1. The highest BCUT2D eigenvalue weighted by atomic mass is 32.2. The number of nitrogens with one attached hydrogen (secondary N) is 1. The van der Waals surface area contributed by atoms with Gasteiger partial charge >= 0.3 is 0 Å². The lowest BCUT2D eigenvalue weighted by molar-refractivity contribution is 0.0996. The van der Waals surface area contributed by atoms with Gasteiger partial charge in [0, 0.05) is 17.2 Å². The highest BCUT2D eigenvalue weighted by Gasteiger charge is 2.24. The van der Waals surface area contributed by atoms with Crippen LogP contribution in [0.15, 0.2) is 52.9 Å². The normalized spacial score (nSPS) is 14.9. The Bertz CT molecular complexity index is 1140. The van der Waals surface area contributed by atoms with E-state index in [1.807, 2.05) is 18.2 Å². The van der Waals surface area contributed by atoms with Gasteiger partial charge in [-0.2, -0.15) is 0 Å². The Morgan fingerprint density at radius 2 is 1.79 bits per heavy atom. The van der Waals surface area contributed by atoms with Crippen LogP contribution in [0.4, 0.5) is 5.69 Å². The maximum atomic E-state index is 13.0. The second-order valence-electron chi connectivity index (χ2n) is 7.45. The predicted octanol–water partition coefficient (Wildman–Crippen LogP) is 4.55. The number of furan rings is 1. The van der Waals surface area contributed by atoms with E-state index in [4.69, 9.17) is 9.15 Å². The highest BCUT2D eigenvalue weighted by molar-refractivity contribution is 7.89. The third kappa shape index (κ3) is 4.45. The van der Waals surface area contributed by atoms with E-state index < -0.39 is 15.7 Å². The van der Waals surface area contributed by atoms with E-state index in [1.54, 1.807) is 30.3 Å². The average Bonchev–Trinajstić information content (AvgIpc) is 3.30. The van der Waals surface area contributed by atoms with Crippen molar-refractivity contribution >= 4 is 32.4 Å². The number of hydrogen-bond acceptors (Lipinski definition) is 5. The Morgan fingerprint density at radius 3 is 2.55 bits per heavy atom. The number of amides is 1. The second-order valence-corrected chi connectivity index (χ2v) is 9.59. The topological polar surface area (TPSA) is 85.6 Å². The van der Waals surface area contributed by atoms with Crippen LogP contribution in [0.3, 0.4) is 0 Å². The molecule has 2 aromatic carbocycles. The monoisotopic (exact) mass is 413 g/mol. The van der Waals surface area contributed by atoms with Crippen molar-refractivity contribution in [2.75, 3.05) is 11.6 Å². The molecule has 4 rings (SSSR count). The first-order chi connectivity index (χ1) is 13.9. The lowest BCUT2D eigenvalue weighted by Crippen LogP contribution is -2.17. The second kappa shape index (κ2) is 7.91. The quantitative estimate of drug-likeness (QED) is 0.641. The molecule has 0 radical (unpaired) electrons. The number of benzene rings is 2. The molecule has 0 saturated heterocycles. The SMILES string of the molecule is CS(=O)(=O)Cc1c(C(=O)Nc2ccccc2OC2CCCC2)oc2ccccc12. The van der Waals surface area contributed by atoms with E-state index in [0.29, 0.717) is 28.0 Å². The Kier molecular flexibility index (Phi) is 5.32. The molecule has 1 saturated carbocycles. The van der Waals surface area contributed by atoms with Gasteiger partial charge in [0.05, 0.1) is 17.5 Å². The van der Waals surface area contributed by atoms with Gasteiger partial charge in [0.2, 0.25) is 0 Å². The van der Waals surface area contributed by atoms with Gasteiger partial charge in [0.15, 0.2) is 15.6 Å². The molecular formula is C22H23NO5S. The van der Waals surface area contributed by atoms with Crippen molar-refractivity contribution in [3.8, 4) is 5.75 Å². The summed E-state index contributed by atoms with van der Waals surface area (Å²) in [5, 5.41) is 3.46.